The predicted octanol–water partition coefficient (Wildman–Crippen LogP) is 0.587. The monoisotopic (exact) mass is 222 g/mol. The molecule has 0 fully saturated rings. The number of phenolic OH excluding ortho intramolecular Hbond substituents is 2. The summed E-state index contributed by atoms with van der Waals surface area (Å²) in [4.78, 5) is 10.5. The Labute approximate surface area is 88.5 Å². The van der Waals surface area contributed by atoms with Gasteiger partial charge in [0.05, 0.1) is 5.10 Å². The lowest BCUT2D eigenvalue weighted by Crippen LogP contribution is -1.99. The summed E-state index contributed by atoms with van der Waals surface area (Å²) in [5.41, 5.74) is 0.0631. The van der Waals surface area contributed by atoms with Crippen molar-refractivity contribution in [1.82, 2.24) is 15.0 Å². The van der Waals surface area contributed by atoms with Crippen LogP contribution in [0.2, 0.25) is 0 Å². The first kappa shape index (κ1) is 9.90. The van der Waals surface area contributed by atoms with Crippen LogP contribution in [0.3, 0.4) is 0 Å². The van der Waals surface area contributed by atoms with Crippen molar-refractivity contribution in [3.05, 3.63) is 34.5 Å². The third-order valence-electron chi connectivity index (χ3n) is 1.84. The van der Waals surface area contributed by atoms with E-state index in [1.807, 2.05) is 0 Å². The third-order valence-corrected chi connectivity index (χ3v) is 1.84. The topological polar surface area (TPSA) is 114 Å². The SMILES string of the molecule is O=[N+]([O-])c1cnn(-c2cc(O)ccc2O)n1. The zero-order valence-corrected chi connectivity index (χ0v) is 7.81. The quantitative estimate of drug-likeness (QED) is 0.436. The number of benzene rings is 1. The lowest BCUT2D eigenvalue weighted by atomic mass is 10.3. The van der Waals surface area contributed by atoms with E-state index in [2.05, 4.69) is 10.2 Å². The van der Waals surface area contributed by atoms with Crippen LogP contribution in [0.15, 0.2) is 24.4 Å². The maximum Gasteiger partial charge on any atom is 0.410 e. The van der Waals surface area contributed by atoms with Gasteiger partial charge < -0.3 is 20.3 Å². The summed E-state index contributed by atoms with van der Waals surface area (Å²) in [5, 5.41) is 36.2. The van der Waals surface area contributed by atoms with Gasteiger partial charge in [-0.3, -0.25) is 0 Å². The molecule has 0 saturated heterocycles. The highest BCUT2D eigenvalue weighted by molar-refractivity contribution is 5.48. The fourth-order valence-electron chi connectivity index (χ4n) is 1.13. The van der Waals surface area contributed by atoms with E-state index in [1.165, 1.54) is 18.2 Å². The van der Waals surface area contributed by atoms with Crippen molar-refractivity contribution in [3.8, 4) is 17.2 Å². The third kappa shape index (κ3) is 1.63. The maximum absolute atomic E-state index is 10.4. The number of hydrogen-bond acceptors (Lipinski definition) is 6. The molecule has 2 N–H and O–H groups in total. The van der Waals surface area contributed by atoms with E-state index >= 15 is 0 Å². The van der Waals surface area contributed by atoms with E-state index in [0.29, 0.717) is 0 Å². The molecule has 2 rings (SSSR count). The van der Waals surface area contributed by atoms with Gasteiger partial charge in [-0.1, -0.05) is 4.80 Å². The Hall–Kier alpha value is -2.64. The first-order valence-electron chi connectivity index (χ1n) is 4.17. The summed E-state index contributed by atoms with van der Waals surface area (Å²) in [6.07, 6.45) is 0.948. The van der Waals surface area contributed by atoms with Crippen LogP contribution < -0.4 is 0 Å². The number of aromatic nitrogens is 3. The summed E-state index contributed by atoms with van der Waals surface area (Å²) in [6.45, 7) is 0. The molecular formula is C8H6N4O4. The number of aromatic hydroxyl groups is 2. The summed E-state index contributed by atoms with van der Waals surface area (Å²) in [7, 11) is 0. The van der Waals surface area contributed by atoms with Crippen molar-refractivity contribution in [3.63, 3.8) is 0 Å². The van der Waals surface area contributed by atoms with Crippen LogP contribution in [-0.2, 0) is 0 Å². The highest BCUT2D eigenvalue weighted by Gasteiger charge is 2.16. The van der Waals surface area contributed by atoms with Crippen LogP contribution in [0.25, 0.3) is 5.69 Å². The Morgan fingerprint density at radius 3 is 2.75 bits per heavy atom. The second-order valence-electron chi connectivity index (χ2n) is 2.92. The molecule has 0 amide bonds. The van der Waals surface area contributed by atoms with Crippen molar-refractivity contribution in [2.45, 2.75) is 0 Å². The van der Waals surface area contributed by atoms with Crippen molar-refractivity contribution in [2.24, 2.45) is 0 Å². The molecule has 0 radical (unpaired) electrons. The first-order chi connectivity index (χ1) is 7.58. The molecule has 0 saturated carbocycles. The number of nitrogens with zero attached hydrogens (tertiary/aromatic N) is 4. The predicted molar refractivity (Wildman–Crippen MR) is 51.3 cm³/mol. The molecule has 1 aromatic carbocycles. The number of rotatable bonds is 2. The first-order valence-corrected chi connectivity index (χ1v) is 4.17. The van der Waals surface area contributed by atoms with Crippen molar-refractivity contribution in [2.75, 3.05) is 0 Å². The number of phenols is 2. The molecule has 0 atom stereocenters. The Bertz CT molecular complexity index is 551. The maximum atomic E-state index is 10.4. The molecule has 8 nitrogen and oxygen atoms in total. The van der Waals surface area contributed by atoms with Gasteiger partial charge in [0.15, 0.2) is 11.9 Å². The molecule has 0 aliphatic carbocycles. The Morgan fingerprint density at radius 2 is 2.12 bits per heavy atom. The van der Waals surface area contributed by atoms with Crippen LogP contribution in [0.5, 0.6) is 11.5 Å². The van der Waals surface area contributed by atoms with Crippen LogP contribution >= 0.6 is 0 Å². The van der Waals surface area contributed by atoms with E-state index in [0.717, 1.165) is 11.0 Å². The van der Waals surface area contributed by atoms with Crippen LogP contribution in [-0.4, -0.2) is 30.1 Å². The smallest absolute Gasteiger partial charge is 0.410 e. The minimum absolute atomic E-state index is 0.0631. The Kier molecular flexibility index (Phi) is 2.16. The molecule has 0 bridgehead atoms. The molecule has 1 aromatic heterocycles. The van der Waals surface area contributed by atoms with Gasteiger partial charge in [-0.15, -0.1) is 5.10 Å². The Morgan fingerprint density at radius 1 is 1.38 bits per heavy atom. The lowest BCUT2D eigenvalue weighted by molar-refractivity contribution is -0.389. The van der Waals surface area contributed by atoms with Gasteiger partial charge in [0.25, 0.3) is 0 Å². The van der Waals surface area contributed by atoms with E-state index in [9.17, 15) is 20.3 Å². The zero-order chi connectivity index (χ0) is 11.7. The largest absolute Gasteiger partial charge is 0.508 e. The van der Waals surface area contributed by atoms with Crippen molar-refractivity contribution in [1.29, 1.82) is 0 Å². The van der Waals surface area contributed by atoms with Crippen molar-refractivity contribution < 1.29 is 15.1 Å². The highest BCUT2D eigenvalue weighted by atomic mass is 16.6. The second kappa shape index (κ2) is 3.50. The summed E-state index contributed by atoms with van der Waals surface area (Å²) in [6, 6.07) is 3.70. The van der Waals surface area contributed by atoms with Gasteiger partial charge in [0, 0.05) is 6.07 Å². The van der Waals surface area contributed by atoms with E-state index < -0.39 is 10.7 Å². The molecule has 1 heterocycles. The minimum atomic E-state index is -0.705. The Balaban J connectivity index is 2.50. The molecular weight excluding hydrogens is 216 g/mol. The summed E-state index contributed by atoms with van der Waals surface area (Å²) >= 11 is 0. The van der Waals surface area contributed by atoms with Crippen LogP contribution in [0, 0.1) is 10.1 Å². The fourth-order valence-corrected chi connectivity index (χ4v) is 1.13. The molecule has 0 aliphatic heterocycles. The molecule has 0 unspecified atom stereocenters. The molecule has 0 spiro atoms. The van der Waals surface area contributed by atoms with Gasteiger partial charge in [-0.25, -0.2) is 0 Å². The number of hydrogen-bond donors (Lipinski definition) is 2. The fraction of sp³-hybridized carbons (Fsp3) is 0. The van der Waals surface area contributed by atoms with E-state index in [1.54, 1.807) is 0 Å². The molecule has 8 heteroatoms. The molecule has 2 aromatic rings. The van der Waals surface area contributed by atoms with Gasteiger partial charge in [0.2, 0.25) is 0 Å². The van der Waals surface area contributed by atoms with Gasteiger partial charge in [-0.2, -0.15) is 0 Å². The van der Waals surface area contributed by atoms with Crippen LogP contribution in [0.1, 0.15) is 0 Å². The van der Waals surface area contributed by atoms with Crippen LogP contribution in [0.4, 0.5) is 5.82 Å². The molecule has 16 heavy (non-hydrogen) atoms. The van der Waals surface area contributed by atoms with Crippen molar-refractivity contribution >= 4 is 5.82 Å². The van der Waals surface area contributed by atoms with E-state index in [-0.39, 0.29) is 17.2 Å². The number of nitro groups is 1. The average molecular weight is 222 g/mol. The van der Waals surface area contributed by atoms with Gasteiger partial charge >= 0.3 is 5.82 Å². The molecule has 82 valence electrons. The lowest BCUT2D eigenvalue weighted by Gasteiger charge is -1.99. The summed E-state index contributed by atoms with van der Waals surface area (Å²) in [5.74, 6) is -0.737. The second-order valence-corrected chi connectivity index (χ2v) is 2.92. The van der Waals surface area contributed by atoms with Gasteiger partial charge in [0.1, 0.15) is 11.5 Å². The average Bonchev–Trinajstić information content (AvgIpc) is 2.70. The summed E-state index contributed by atoms with van der Waals surface area (Å²) < 4.78 is 0. The van der Waals surface area contributed by atoms with Gasteiger partial charge in [-0.05, 0) is 17.1 Å². The standard InChI is InChI=1S/C8H6N4O4/c13-5-1-2-7(14)6(3-5)11-9-4-8(10-11)12(15)16/h1-4,13-14H. The normalized spacial score (nSPS) is 10.2. The van der Waals surface area contributed by atoms with E-state index in [4.69, 9.17) is 0 Å². The highest BCUT2D eigenvalue weighted by Crippen LogP contribution is 2.25. The minimum Gasteiger partial charge on any atom is -0.508 e. The molecule has 0 aliphatic rings. The zero-order valence-electron chi connectivity index (χ0n) is 7.81.